The van der Waals surface area contributed by atoms with Crippen molar-refractivity contribution in [1.82, 2.24) is 0 Å². The first-order valence-electron chi connectivity index (χ1n) is 1.89. The summed E-state index contributed by atoms with van der Waals surface area (Å²) in [6.07, 6.45) is 0. The number of hydrogen-bond acceptors (Lipinski definition) is 1. The number of halogens is 1. The normalized spacial score (nSPS) is 9.29. The zero-order valence-corrected chi connectivity index (χ0v) is 5.17. The van der Waals surface area contributed by atoms with Gasteiger partial charge in [0, 0.05) is 0 Å². The Bertz CT molecular complexity index is 123. The summed E-state index contributed by atoms with van der Waals surface area (Å²) in [7, 11) is 0. The third-order valence-electron chi connectivity index (χ3n) is 0.669. The van der Waals surface area contributed by atoms with Crippen LogP contribution in [0.2, 0.25) is 0 Å². The molecule has 0 unspecified atom stereocenters. The first-order chi connectivity index (χ1) is 3.43. The molecular weight excluding hydrogens is 128 g/mol. The van der Waals surface area contributed by atoms with E-state index in [1.165, 1.54) is 0 Å². The first kappa shape index (κ1) is 5.13. The van der Waals surface area contributed by atoms with Crippen LogP contribution in [-0.2, 0) is 0 Å². The topological polar surface area (TPSA) is 0 Å². The molecule has 0 spiro atoms. The molecule has 0 aliphatic rings. The Morgan fingerprint density at radius 3 is 2.86 bits per heavy atom. The van der Waals surface area contributed by atoms with E-state index < -0.39 is 0 Å². The fourth-order valence-electron chi connectivity index (χ4n) is 0.337. The second-order valence-electron chi connectivity index (χ2n) is 1.17. The van der Waals surface area contributed by atoms with Crippen LogP contribution in [0.1, 0.15) is 5.56 Å². The largest absolute Gasteiger partial charge is 0.152 e. The third kappa shape index (κ3) is 1.18. The molecule has 1 heterocycles. The lowest BCUT2D eigenvalue weighted by atomic mass is 10.4. The third-order valence-corrected chi connectivity index (χ3v) is 1.62. The molecule has 37 valence electrons. The maximum absolute atomic E-state index is 5.35. The van der Waals surface area contributed by atoms with Gasteiger partial charge in [0.2, 0.25) is 0 Å². The summed E-state index contributed by atoms with van der Waals surface area (Å²) in [5.41, 5.74) is 1.09. The van der Waals surface area contributed by atoms with Gasteiger partial charge in [0.1, 0.15) is 0 Å². The van der Waals surface area contributed by atoms with Crippen LogP contribution in [0.5, 0.6) is 0 Å². The van der Waals surface area contributed by atoms with Gasteiger partial charge >= 0.3 is 0 Å². The fraction of sp³-hybridized carbons (Fsp3) is 0. The summed E-state index contributed by atoms with van der Waals surface area (Å²) in [4.78, 5) is 0. The van der Waals surface area contributed by atoms with Crippen LogP contribution in [0.3, 0.4) is 0 Å². The van der Waals surface area contributed by atoms with E-state index in [1.807, 2.05) is 16.8 Å². The molecule has 7 heavy (non-hydrogen) atoms. The minimum atomic E-state index is 1.09. The van der Waals surface area contributed by atoms with Crippen LogP contribution in [-0.4, -0.2) is 0 Å². The van der Waals surface area contributed by atoms with Gasteiger partial charge in [-0.3, -0.25) is 0 Å². The summed E-state index contributed by atoms with van der Waals surface area (Å²) >= 11 is 7.00. The molecule has 0 aliphatic carbocycles. The van der Waals surface area contributed by atoms with Crippen molar-refractivity contribution in [3.8, 4) is 0 Å². The van der Waals surface area contributed by atoms with Gasteiger partial charge in [-0.05, 0) is 22.4 Å². The molecule has 0 saturated carbocycles. The standard InChI is InChI=1S/C5H4ClS/c6-3-5-1-2-7-4-5/h1-4H. The summed E-state index contributed by atoms with van der Waals surface area (Å²) in [6.45, 7) is 0. The Balaban J connectivity index is 2.76. The molecule has 1 rings (SSSR count). The predicted octanol–water partition coefficient (Wildman–Crippen LogP) is 2.50. The smallest absolute Gasteiger partial charge is 0.0798 e. The molecular formula is C5H4ClS. The second kappa shape index (κ2) is 2.34. The highest BCUT2D eigenvalue weighted by molar-refractivity contribution is 7.08. The zero-order chi connectivity index (χ0) is 5.11. The van der Waals surface area contributed by atoms with Gasteiger partial charge in [0.05, 0.1) is 5.88 Å². The number of hydrogen-bond donors (Lipinski definition) is 0. The van der Waals surface area contributed by atoms with Crippen LogP contribution >= 0.6 is 22.9 Å². The van der Waals surface area contributed by atoms with Crippen molar-refractivity contribution >= 4 is 22.9 Å². The van der Waals surface area contributed by atoms with Gasteiger partial charge in [-0.1, -0.05) is 0 Å². The molecule has 0 fully saturated rings. The molecule has 0 amide bonds. The van der Waals surface area contributed by atoms with Gasteiger partial charge in [-0.25, -0.2) is 0 Å². The lowest BCUT2D eigenvalue weighted by Crippen LogP contribution is -1.58. The van der Waals surface area contributed by atoms with Crippen molar-refractivity contribution in [2.75, 3.05) is 0 Å². The van der Waals surface area contributed by atoms with Gasteiger partial charge in [0.25, 0.3) is 0 Å². The van der Waals surface area contributed by atoms with E-state index in [-0.39, 0.29) is 0 Å². The van der Waals surface area contributed by atoms with Crippen molar-refractivity contribution < 1.29 is 0 Å². The summed E-state index contributed by atoms with van der Waals surface area (Å²) in [5.74, 6) is 1.57. The Morgan fingerprint density at radius 1 is 1.71 bits per heavy atom. The maximum Gasteiger partial charge on any atom is 0.0798 e. The lowest BCUT2D eigenvalue weighted by molar-refractivity contribution is 1.74. The molecule has 1 aromatic heterocycles. The van der Waals surface area contributed by atoms with Gasteiger partial charge < -0.3 is 0 Å². The van der Waals surface area contributed by atoms with Gasteiger partial charge in [-0.2, -0.15) is 11.3 Å². The van der Waals surface area contributed by atoms with Crippen LogP contribution in [0.15, 0.2) is 16.8 Å². The highest BCUT2D eigenvalue weighted by Crippen LogP contribution is 2.09. The van der Waals surface area contributed by atoms with Crippen LogP contribution in [0.25, 0.3) is 0 Å². The number of thiophene rings is 1. The van der Waals surface area contributed by atoms with Crippen molar-refractivity contribution in [2.45, 2.75) is 0 Å². The zero-order valence-electron chi connectivity index (χ0n) is 3.60. The molecule has 0 aliphatic heterocycles. The minimum absolute atomic E-state index is 1.09. The van der Waals surface area contributed by atoms with E-state index in [4.69, 9.17) is 11.6 Å². The molecule has 1 radical (unpaired) electrons. The van der Waals surface area contributed by atoms with Crippen molar-refractivity contribution in [1.29, 1.82) is 0 Å². The fourth-order valence-corrected chi connectivity index (χ4v) is 1.17. The average Bonchev–Trinajstić information content (AvgIpc) is 2.14. The molecule has 0 bridgehead atoms. The Kier molecular flexibility index (Phi) is 1.71. The molecule has 0 aromatic carbocycles. The molecule has 0 atom stereocenters. The summed E-state index contributed by atoms with van der Waals surface area (Å²) < 4.78 is 0. The van der Waals surface area contributed by atoms with E-state index in [2.05, 4.69) is 0 Å². The quantitative estimate of drug-likeness (QED) is 0.550. The van der Waals surface area contributed by atoms with Crippen molar-refractivity contribution in [2.24, 2.45) is 0 Å². The maximum atomic E-state index is 5.35. The Hall–Kier alpha value is -0.0100. The molecule has 0 saturated heterocycles. The van der Waals surface area contributed by atoms with Crippen LogP contribution in [0, 0.1) is 5.88 Å². The highest BCUT2D eigenvalue weighted by atomic mass is 35.5. The molecule has 0 nitrogen and oxygen atoms in total. The molecule has 1 aromatic rings. The Labute approximate surface area is 51.7 Å². The first-order valence-corrected chi connectivity index (χ1v) is 3.27. The lowest BCUT2D eigenvalue weighted by Gasteiger charge is -1.75. The molecule has 0 N–H and O–H groups in total. The summed E-state index contributed by atoms with van der Waals surface area (Å²) in [6, 6.07) is 1.97. The van der Waals surface area contributed by atoms with Crippen LogP contribution in [0.4, 0.5) is 0 Å². The van der Waals surface area contributed by atoms with E-state index in [9.17, 15) is 0 Å². The van der Waals surface area contributed by atoms with Gasteiger partial charge in [-0.15, -0.1) is 11.6 Å². The highest BCUT2D eigenvalue weighted by Gasteiger charge is 1.84. The average molecular weight is 132 g/mol. The van der Waals surface area contributed by atoms with Gasteiger partial charge in [0.15, 0.2) is 0 Å². The van der Waals surface area contributed by atoms with E-state index in [0.717, 1.165) is 5.56 Å². The van der Waals surface area contributed by atoms with Crippen molar-refractivity contribution in [3.63, 3.8) is 0 Å². The number of rotatable bonds is 1. The minimum Gasteiger partial charge on any atom is -0.152 e. The SMILES string of the molecule is Cl[CH]c1ccsc1. The monoisotopic (exact) mass is 131 g/mol. The second-order valence-corrected chi connectivity index (χ2v) is 2.16. The van der Waals surface area contributed by atoms with Crippen LogP contribution < -0.4 is 0 Å². The molecule has 2 heteroatoms. The summed E-state index contributed by atoms with van der Waals surface area (Å²) in [5, 5.41) is 3.99. The van der Waals surface area contributed by atoms with E-state index in [0.29, 0.717) is 0 Å². The van der Waals surface area contributed by atoms with E-state index >= 15 is 0 Å². The van der Waals surface area contributed by atoms with E-state index in [1.54, 1.807) is 17.2 Å². The predicted molar refractivity (Wildman–Crippen MR) is 33.6 cm³/mol. The Morgan fingerprint density at radius 2 is 2.57 bits per heavy atom. The van der Waals surface area contributed by atoms with Crippen molar-refractivity contribution in [3.05, 3.63) is 28.3 Å².